The first kappa shape index (κ1) is 6.01. The zero-order chi connectivity index (χ0) is 6.43. The van der Waals surface area contributed by atoms with Crippen LogP contribution in [-0.4, -0.2) is 22.6 Å². The highest BCUT2D eigenvalue weighted by Gasteiger charge is 2.44. The van der Waals surface area contributed by atoms with E-state index in [1.807, 2.05) is 11.8 Å². The molecule has 0 radical (unpaired) electrons. The third-order valence-corrected chi connectivity index (χ3v) is 4.19. The number of fused-ring (bicyclic) bond motifs is 2. The van der Waals surface area contributed by atoms with E-state index in [0.717, 1.165) is 0 Å². The maximum atomic E-state index is 5.82. The van der Waals surface area contributed by atoms with Crippen molar-refractivity contribution in [3.05, 3.63) is 0 Å². The van der Waals surface area contributed by atoms with Crippen molar-refractivity contribution in [3.63, 3.8) is 0 Å². The number of hydrogen-bond acceptors (Lipinski definition) is 3. The fourth-order valence-electron chi connectivity index (χ4n) is 1.75. The van der Waals surface area contributed by atoms with E-state index < -0.39 is 0 Å². The molecule has 2 aliphatic rings. The van der Waals surface area contributed by atoms with Crippen molar-refractivity contribution in [1.29, 1.82) is 0 Å². The van der Waals surface area contributed by atoms with Crippen LogP contribution < -0.4 is 11.5 Å². The maximum absolute atomic E-state index is 5.82. The number of nitrogens with two attached hydrogens (primary N) is 2. The molecule has 2 nitrogen and oxygen atoms in total. The summed E-state index contributed by atoms with van der Waals surface area (Å²) in [6.07, 6.45) is 2.59. The molecule has 2 rings (SSSR count). The highest BCUT2D eigenvalue weighted by Crippen LogP contribution is 2.44. The second kappa shape index (κ2) is 1.87. The molecule has 4 unspecified atom stereocenters. The van der Waals surface area contributed by atoms with Crippen molar-refractivity contribution in [1.82, 2.24) is 0 Å². The summed E-state index contributed by atoms with van der Waals surface area (Å²) in [5.41, 5.74) is 11.6. The lowest BCUT2D eigenvalue weighted by Crippen LogP contribution is -2.49. The normalized spacial score (nSPS) is 56.7. The largest absolute Gasteiger partial charge is 0.325 e. The second-order valence-electron chi connectivity index (χ2n) is 2.95. The first-order chi connectivity index (χ1) is 4.29. The molecule has 9 heavy (non-hydrogen) atoms. The zero-order valence-electron chi connectivity index (χ0n) is 5.29. The molecule has 2 saturated heterocycles. The van der Waals surface area contributed by atoms with Gasteiger partial charge < -0.3 is 11.5 Å². The SMILES string of the molecule is NC1C2CCC(S2)C1N. The van der Waals surface area contributed by atoms with Gasteiger partial charge in [0.1, 0.15) is 0 Å². The molecular weight excluding hydrogens is 132 g/mol. The van der Waals surface area contributed by atoms with E-state index in [1.165, 1.54) is 12.8 Å². The Kier molecular flexibility index (Phi) is 1.25. The second-order valence-corrected chi connectivity index (χ2v) is 4.43. The van der Waals surface area contributed by atoms with E-state index >= 15 is 0 Å². The van der Waals surface area contributed by atoms with Crippen molar-refractivity contribution >= 4 is 11.8 Å². The molecule has 0 aliphatic carbocycles. The van der Waals surface area contributed by atoms with Gasteiger partial charge in [0.25, 0.3) is 0 Å². The molecule has 0 aromatic heterocycles. The molecule has 2 fully saturated rings. The van der Waals surface area contributed by atoms with Crippen LogP contribution in [-0.2, 0) is 0 Å². The summed E-state index contributed by atoms with van der Waals surface area (Å²) in [5, 5.41) is 1.37. The smallest absolute Gasteiger partial charge is 0.0324 e. The molecule has 3 heteroatoms. The first-order valence-electron chi connectivity index (χ1n) is 3.45. The van der Waals surface area contributed by atoms with Gasteiger partial charge in [-0.25, -0.2) is 0 Å². The summed E-state index contributed by atoms with van der Waals surface area (Å²) in [5.74, 6) is 0. The van der Waals surface area contributed by atoms with Gasteiger partial charge in [-0.15, -0.1) is 0 Å². The molecule has 52 valence electrons. The van der Waals surface area contributed by atoms with E-state index in [0.29, 0.717) is 10.5 Å². The lowest BCUT2D eigenvalue weighted by molar-refractivity contribution is 0.442. The zero-order valence-corrected chi connectivity index (χ0v) is 6.10. The Hall–Kier alpha value is 0.270. The van der Waals surface area contributed by atoms with Crippen LogP contribution in [0.5, 0.6) is 0 Å². The number of thioether (sulfide) groups is 1. The molecule has 0 saturated carbocycles. The molecule has 0 aromatic rings. The number of hydrogen-bond donors (Lipinski definition) is 2. The molecule has 0 aromatic carbocycles. The molecule has 2 heterocycles. The lowest BCUT2D eigenvalue weighted by Gasteiger charge is -2.22. The minimum Gasteiger partial charge on any atom is -0.325 e. The van der Waals surface area contributed by atoms with Gasteiger partial charge in [0, 0.05) is 22.6 Å². The predicted molar refractivity (Wildman–Crippen MR) is 40.4 cm³/mol. The molecule has 2 bridgehead atoms. The number of rotatable bonds is 0. The van der Waals surface area contributed by atoms with Gasteiger partial charge in [-0.3, -0.25) is 0 Å². The molecule has 0 spiro atoms. The third-order valence-electron chi connectivity index (χ3n) is 2.39. The van der Waals surface area contributed by atoms with Crippen LogP contribution in [0.4, 0.5) is 0 Å². The Labute approximate surface area is 59.4 Å². The van der Waals surface area contributed by atoms with E-state index in [2.05, 4.69) is 0 Å². The molecular formula is C6H12N2S. The van der Waals surface area contributed by atoms with Gasteiger partial charge in [0.2, 0.25) is 0 Å². The summed E-state index contributed by atoms with van der Waals surface area (Å²) in [6.45, 7) is 0. The average molecular weight is 144 g/mol. The van der Waals surface area contributed by atoms with Crippen LogP contribution in [0.2, 0.25) is 0 Å². The summed E-state index contributed by atoms with van der Waals surface area (Å²) in [6, 6.07) is 0.572. The van der Waals surface area contributed by atoms with Crippen LogP contribution in [0.1, 0.15) is 12.8 Å². The van der Waals surface area contributed by atoms with Crippen LogP contribution in [0, 0.1) is 0 Å². The van der Waals surface area contributed by atoms with Gasteiger partial charge in [-0.2, -0.15) is 11.8 Å². The predicted octanol–water partition coefficient (Wildman–Crippen LogP) is -0.0812. The summed E-state index contributed by atoms with van der Waals surface area (Å²) in [7, 11) is 0. The van der Waals surface area contributed by atoms with Crippen LogP contribution in [0.15, 0.2) is 0 Å². The standard InChI is InChI=1S/C6H12N2S/c7-5-3-1-2-4(9-3)6(5)8/h3-6H,1-2,7-8H2. The Balaban J connectivity index is 2.15. The van der Waals surface area contributed by atoms with Crippen molar-refractivity contribution in [3.8, 4) is 0 Å². The van der Waals surface area contributed by atoms with Crippen molar-refractivity contribution in [2.45, 2.75) is 35.4 Å². The van der Waals surface area contributed by atoms with Crippen molar-refractivity contribution < 1.29 is 0 Å². The molecule has 4 atom stereocenters. The highest BCUT2D eigenvalue weighted by atomic mass is 32.2. The highest BCUT2D eigenvalue weighted by molar-refractivity contribution is 8.01. The Morgan fingerprint density at radius 3 is 1.67 bits per heavy atom. The van der Waals surface area contributed by atoms with Gasteiger partial charge in [-0.05, 0) is 12.8 Å². The topological polar surface area (TPSA) is 52.0 Å². The van der Waals surface area contributed by atoms with Crippen LogP contribution in [0.25, 0.3) is 0 Å². The molecule has 2 aliphatic heterocycles. The third kappa shape index (κ3) is 0.719. The summed E-state index contributed by atoms with van der Waals surface area (Å²) < 4.78 is 0. The minimum atomic E-state index is 0.286. The average Bonchev–Trinajstić information content (AvgIpc) is 2.37. The van der Waals surface area contributed by atoms with E-state index in [4.69, 9.17) is 11.5 Å². The van der Waals surface area contributed by atoms with E-state index in [-0.39, 0.29) is 12.1 Å². The molecule has 0 amide bonds. The summed E-state index contributed by atoms with van der Waals surface area (Å²) in [4.78, 5) is 0. The maximum Gasteiger partial charge on any atom is 0.0324 e. The first-order valence-corrected chi connectivity index (χ1v) is 4.40. The minimum absolute atomic E-state index is 0.286. The van der Waals surface area contributed by atoms with Gasteiger partial charge in [-0.1, -0.05) is 0 Å². The van der Waals surface area contributed by atoms with Gasteiger partial charge >= 0.3 is 0 Å². The Morgan fingerprint density at radius 2 is 1.44 bits per heavy atom. The molecule has 4 N–H and O–H groups in total. The fourth-order valence-corrected chi connectivity index (χ4v) is 3.47. The van der Waals surface area contributed by atoms with Crippen molar-refractivity contribution in [2.75, 3.05) is 0 Å². The fraction of sp³-hybridized carbons (Fsp3) is 1.00. The van der Waals surface area contributed by atoms with Crippen LogP contribution in [0.3, 0.4) is 0 Å². The quantitative estimate of drug-likeness (QED) is 0.500. The lowest BCUT2D eigenvalue weighted by atomic mass is 9.92. The van der Waals surface area contributed by atoms with Gasteiger partial charge in [0.05, 0.1) is 0 Å². The van der Waals surface area contributed by atoms with Crippen molar-refractivity contribution in [2.24, 2.45) is 11.5 Å². The van der Waals surface area contributed by atoms with Crippen LogP contribution >= 0.6 is 11.8 Å². The van der Waals surface area contributed by atoms with E-state index in [9.17, 15) is 0 Å². The van der Waals surface area contributed by atoms with E-state index in [1.54, 1.807) is 0 Å². The monoisotopic (exact) mass is 144 g/mol. The van der Waals surface area contributed by atoms with Gasteiger partial charge in [0.15, 0.2) is 0 Å². The summed E-state index contributed by atoms with van der Waals surface area (Å²) >= 11 is 2.00. The Bertz CT molecular complexity index is 110. The Morgan fingerprint density at radius 1 is 1.00 bits per heavy atom.